The summed E-state index contributed by atoms with van der Waals surface area (Å²) in [6.07, 6.45) is 4.79. The molecule has 0 aromatic heterocycles. The van der Waals surface area contributed by atoms with Gasteiger partial charge in [0.15, 0.2) is 0 Å². The van der Waals surface area contributed by atoms with E-state index in [2.05, 4.69) is 5.32 Å². The number of hydrogen-bond donors (Lipinski definition) is 5. The minimum absolute atomic E-state index is 0. The van der Waals surface area contributed by atoms with Gasteiger partial charge in [0.2, 0.25) is 0 Å². The number of aliphatic hydroxyl groups excluding tert-OH is 2. The lowest BCUT2D eigenvalue weighted by molar-refractivity contribution is 0.266. The molecule has 0 aromatic carbocycles. The molecule has 0 spiro atoms. The van der Waals surface area contributed by atoms with Crippen LogP contribution < -0.4 is 5.32 Å². The van der Waals surface area contributed by atoms with Crippen molar-refractivity contribution in [1.82, 2.24) is 5.32 Å². The largest absolute Gasteiger partial charge is 0.395 e. The number of halogens is 1. The lowest BCUT2D eigenvalue weighted by atomic mass is 10.3. The van der Waals surface area contributed by atoms with Crippen LogP contribution in [0.25, 0.3) is 0 Å². The predicted molar refractivity (Wildman–Crippen MR) is 106 cm³/mol. The third kappa shape index (κ3) is 49.6. The Balaban J connectivity index is -0.000000138. The highest BCUT2D eigenvalue weighted by Crippen LogP contribution is 1.96. The van der Waals surface area contributed by atoms with Gasteiger partial charge < -0.3 is 15.5 Å². The molecule has 164 valence electrons. The third-order valence-electron chi connectivity index (χ3n) is 2.59. The van der Waals surface area contributed by atoms with Crippen molar-refractivity contribution in [3.63, 3.8) is 0 Å². The van der Waals surface area contributed by atoms with Crippen molar-refractivity contribution in [1.29, 1.82) is 0 Å². The van der Waals surface area contributed by atoms with E-state index in [1.165, 1.54) is 0 Å². The predicted octanol–water partition coefficient (Wildman–Crippen LogP) is 1.11. The molecule has 0 aliphatic rings. The third-order valence-corrected chi connectivity index (χ3v) is 4.20. The summed E-state index contributed by atoms with van der Waals surface area (Å²) >= 11 is 0. The number of hydrogen-bond acceptors (Lipinski definition) is 7. The summed E-state index contributed by atoms with van der Waals surface area (Å²) in [7, 11) is -7.39. The van der Waals surface area contributed by atoms with E-state index in [1.54, 1.807) is 0 Å². The first kappa shape index (κ1) is 33.6. The summed E-state index contributed by atoms with van der Waals surface area (Å²) in [6, 6.07) is 0. The van der Waals surface area contributed by atoms with Crippen LogP contribution in [0.15, 0.2) is 0 Å². The van der Waals surface area contributed by atoms with Crippen molar-refractivity contribution in [2.75, 3.05) is 37.8 Å². The molecule has 0 atom stereocenters. The highest BCUT2D eigenvalue weighted by atomic mass is 35.5. The van der Waals surface area contributed by atoms with Gasteiger partial charge in [-0.25, -0.2) is 0 Å². The Morgan fingerprint density at radius 2 is 1.00 bits per heavy atom. The maximum absolute atomic E-state index is 10.1. The molecule has 0 radical (unpaired) electrons. The Bertz CT molecular complexity index is 416. The lowest BCUT2D eigenvalue weighted by Crippen LogP contribution is -2.21. The minimum atomic E-state index is -3.70. The maximum atomic E-state index is 10.1. The standard InChI is InChI=1S/2C5H12O3S.C4H11NO2.ClH/c2*1-2-3-4-5-9(6,7)8;6-3-1-5-2-4-7;/h2*2-5H2,1H3,(H,6,7,8);5-7H,1-4H2;1H. The summed E-state index contributed by atoms with van der Waals surface area (Å²) in [6.45, 7) is 5.37. The smallest absolute Gasteiger partial charge is 0.264 e. The van der Waals surface area contributed by atoms with E-state index in [-0.39, 0.29) is 37.1 Å². The number of nitrogens with one attached hydrogen (secondary N) is 1. The quantitative estimate of drug-likeness (QED) is 0.219. The second kappa shape index (κ2) is 23.0. The number of unbranched alkanes of at least 4 members (excludes halogenated alkanes) is 4. The van der Waals surface area contributed by atoms with Crippen molar-refractivity contribution >= 4 is 32.6 Å². The summed E-state index contributed by atoms with van der Waals surface area (Å²) in [5.41, 5.74) is 0. The molecule has 0 saturated heterocycles. The van der Waals surface area contributed by atoms with Crippen molar-refractivity contribution in [3.8, 4) is 0 Å². The molecule has 0 heterocycles. The van der Waals surface area contributed by atoms with Gasteiger partial charge in [-0.2, -0.15) is 16.8 Å². The fourth-order valence-electron chi connectivity index (χ4n) is 1.35. The van der Waals surface area contributed by atoms with Crippen molar-refractivity contribution in [2.45, 2.75) is 52.4 Å². The zero-order chi connectivity index (χ0) is 20.2. The molecular formula is C14H36ClNO8S2. The van der Waals surface area contributed by atoms with Gasteiger partial charge in [0.05, 0.1) is 24.7 Å². The van der Waals surface area contributed by atoms with Gasteiger partial charge in [0.1, 0.15) is 0 Å². The second-order valence-electron chi connectivity index (χ2n) is 5.18. The van der Waals surface area contributed by atoms with E-state index in [1.807, 2.05) is 13.8 Å². The van der Waals surface area contributed by atoms with Gasteiger partial charge >= 0.3 is 0 Å². The average Bonchev–Trinajstić information content (AvgIpc) is 2.47. The average molecular weight is 446 g/mol. The summed E-state index contributed by atoms with van der Waals surface area (Å²) in [5, 5.41) is 19.1. The maximum Gasteiger partial charge on any atom is 0.264 e. The van der Waals surface area contributed by atoms with Gasteiger partial charge in [0.25, 0.3) is 20.2 Å². The normalized spacial score (nSPS) is 10.7. The zero-order valence-electron chi connectivity index (χ0n) is 15.6. The first-order chi connectivity index (χ1) is 11.5. The van der Waals surface area contributed by atoms with Crippen LogP contribution in [0.5, 0.6) is 0 Å². The van der Waals surface area contributed by atoms with Crippen LogP contribution in [0.1, 0.15) is 52.4 Å². The second-order valence-corrected chi connectivity index (χ2v) is 8.33. The van der Waals surface area contributed by atoms with Gasteiger partial charge in [0, 0.05) is 13.1 Å². The highest BCUT2D eigenvalue weighted by Gasteiger charge is 2.01. The Labute approximate surface area is 164 Å². The fourth-order valence-corrected chi connectivity index (χ4v) is 2.49. The monoisotopic (exact) mass is 445 g/mol. The summed E-state index contributed by atoms with van der Waals surface area (Å²) in [4.78, 5) is 0. The van der Waals surface area contributed by atoms with Crippen LogP contribution >= 0.6 is 12.4 Å². The van der Waals surface area contributed by atoms with E-state index in [4.69, 9.17) is 19.3 Å². The molecule has 12 heteroatoms. The van der Waals surface area contributed by atoms with E-state index >= 15 is 0 Å². The molecule has 0 aliphatic carbocycles. The SMILES string of the molecule is CCCCCS(=O)(=O)O.CCCCCS(=O)(=O)O.Cl.OCCNCCO. The van der Waals surface area contributed by atoms with Gasteiger partial charge in [-0.1, -0.05) is 39.5 Å². The van der Waals surface area contributed by atoms with Crippen LogP contribution in [-0.2, 0) is 20.2 Å². The van der Waals surface area contributed by atoms with Gasteiger partial charge in [-0.05, 0) is 12.8 Å². The Kier molecular flexibility index (Phi) is 29.7. The van der Waals surface area contributed by atoms with Crippen molar-refractivity contribution in [2.24, 2.45) is 0 Å². The molecule has 5 N–H and O–H groups in total. The molecule has 9 nitrogen and oxygen atoms in total. The van der Waals surface area contributed by atoms with E-state index in [0.29, 0.717) is 25.9 Å². The first-order valence-corrected chi connectivity index (χ1v) is 11.6. The minimum Gasteiger partial charge on any atom is -0.395 e. The molecule has 0 saturated carbocycles. The molecule has 0 fully saturated rings. The zero-order valence-corrected chi connectivity index (χ0v) is 18.1. The van der Waals surface area contributed by atoms with Crippen LogP contribution in [0, 0.1) is 0 Å². The first-order valence-electron chi connectivity index (χ1n) is 8.36. The summed E-state index contributed by atoms with van der Waals surface area (Å²) < 4.78 is 56.7. The number of aliphatic hydroxyl groups is 2. The highest BCUT2D eigenvalue weighted by molar-refractivity contribution is 7.86. The van der Waals surface area contributed by atoms with Gasteiger partial charge in [-0.15, -0.1) is 12.4 Å². The molecule has 0 bridgehead atoms. The van der Waals surface area contributed by atoms with E-state index < -0.39 is 20.2 Å². The molecule has 0 amide bonds. The summed E-state index contributed by atoms with van der Waals surface area (Å²) in [5.74, 6) is -0.193. The van der Waals surface area contributed by atoms with E-state index in [0.717, 1.165) is 25.7 Å². The number of rotatable bonds is 12. The molecule has 26 heavy (non-hydrogen) atoms. The lowest BCUT2D eigenvalue weighted by Gasteiger charge is -1.94. The van der Waals surface area contributed by atoms with Crippen LogP contribution in [0.2, 0.25) is 0 Å². The molecule has 0 rings (SSSR count). The molecular weight excluding hydrogens is 410 g/mol. The van der Waals surface area contributed by atoms with Crippen LogP contribution in [-0.4, -0.2) is 74.0 Å². The fraction of sp³-hybridized carbons (Fsp3) is 1.00. The molecule has 0 unspecified atom stereocenters. The Morgan fingerprint density at radius 3 is 1.19 bits per heavy atom. The van der Waals surface area contributed by atoms with Crippen molar-refractivity contribution < 1.29 is 36.2 Å². The van der Waals surface area contributed by atoms with Crippen molar-refractivity contribution in [3.05, 3.63) is 0 Å². The molecule has 0 aromatic rings. The van der Waals surface area contributed by atoms with Gasteiger partial charge in [-0.3, -0.25) is 9.11 Å². The Hall–Kier alpha value is -0.0100. The topological polar surface area (TPSA) is 161 Å². The van der Waals surface area contributed by atoms with E-state index in [9.17, 15) is 16.8 Å². The van der Waals surface area contributed by atoms with Crippen LogP contribution in [0.4, 0.5) is 0 Å². The Morgan fingerprint density at radius 1 is 0.692 bits per heavy atom. The molecule has 0 aliphatic heterocycles. The van der Waals surface area contributed by atoms with Crippen LogP contribution in [0.3, 0.4) is 0 Å².